The van der Waals surface area contributed by atoms with Gasteiger partial charge in [0.1, 0.15) is 13.2 Å². The van der Waals surface area contributed by atoms with Crippen molar-refractivity contribution >= 4 is 17.9 Å². The molecule has 1 atom stereocenters. The fourth-order valence-electron chi connectivity index (χ4n) is 10.5. The lowest BCUT2D eigenvalue weighted by atomic mass is 10.0. The summed E-state index contributed by atoms with van der Waals surface area (Å²) in [6, 6.07) is 0. The Labute approximate surface area is 515 Å². The number of carbonyl (C=O) groups is 3. The van der Waals surface area contributed by atoms with Crippen molar-refractivity contribution in [2.24, 2.45) is 0 Å². The van der Waals surface area contributed by atoms with Gasteiger partial charge in [-0.05, 0) is 96.3 Å². The van der Waals surface area contributed by atoms with Crippen LogP contribution < -0.4 is 0 Å². The molecule has 0 saturated carbocycles. The predicted molar refractivity (Wildman–Crippen MR) is 362 cm³/mol. The zero-order chi connectivity index (χ0) is 59.9. The van der Waals surface area contributed by atoms with Crippen molar-refractivity contribution in [2.75, 3.05) is 13.2 Å². The predicted octanol–water partition coefficient (Wildman–Crippen LogP) is 25.0. The Hall–Kier alpha value is -3.41. The summed E-state index contributed by atoms with van der Waals surface area (Å²) in [5.41, 5.74) is 0. The van der Waals surface area contributed by atoms with E-state index in [1.54, 1.807) is 0 Å². The first-order valence-corrected chi connectivity index (χ1v) is 36.1. The summed E-state index contributed by atoms with van der Waals surface area (Å²) >= 11 is 0. The monoisotopic (exact) mass is 1160 g/mol. The lowest BCUT2D eigenvalue weighted by Gasteiger charge is -2.18. The van der Waals surface area contributed by atoms with Gasteiger partial charge in [-0.25, -0.2) is 0 Å². The molecule has 0 aromatic heterocycles. The summed E-state index contributed by atoms with van der Waals surface area (Å²) in [6.07, 6.45) is 94.7. The molecule has 0 heterocycles. The summed E-state index contributed by atoms with van der Waals surface area (Å²) in [7, 11) is 0. The van der Waals surface area contributed by atoms with E-state index < -0.39 is 6.10 Å². The standard InChI is InChI=1S/C77H136O6/c1-4-7-10-13-16-19-22-25-28-31-34-36-37-38-39-41-43-46-49-52-55-58-61-64-67-70-76(79)82-73-74(72-81-75(78)69-66-63-60-57-54-51-48-45-42-33-30-27-24-21-18-15-12-9-6-3)83-77(80)71-68-65-62-59-56-53-50-47-44-40-35-32-29-26-23-20-17-14-11-8-5-2/h9,12,18,21,23,26-27,30,32,35,42,45,51,54,74H,4-8,10-11,13-17,19-20,22,24-25,28-29,31,33-34,36-41,43-44,46-50,52-53,55-73H2,1-3H3/b12-9-,21-18-,26-23-,30-27-,35-32-,45-42-,54-51-. The second-order valence-corrected chi connectivity index (χ2v) is 24.1. The molecule has 0 aromatic carbocycles. The van der Waals surface area contributed by atoms with Crippen molar-refractivity contribution in [1.82, 2.24) is 0 Å². The van der Waals surface area contributed by atoms with Gasteiger partial charge in [-0.2, -0.15) is 0 Å². The van der Waals surface area contributed by atoms with Crippen LogP contribution in [0, 0.1) is 0 Å². The molecule has 0 aliphatic heterocycles. The Morgan fingerprint density at radius 1 is 0.253 bits per heavy atom. The van der Waals surface area contributed by atoms with Crippen LogP contribution in [0.4, 0.5) is 0 Å². The number of rotatable bonds is 66. The average Bonchev–Trinajstić information content (AvgIpc) is 3.49. The molecular weight excluding hydrogens is 1020 g/mol. The Morgan fingerprint density at radius 3 is 0.747 bits per heavy atom. The molecule has 480 valence electrons. The molecule has 6 nitrogen and oxygen atoms in total. The number of unbranched alkanes of at least 4 members (excludes halogenated alkanes) is 41. The fraction of sp³-hybridized carbons (Fsp3) is 0.779. The van der Waals surface area contributed by atoms with Crippen LogP contribution >= 0.6 is 0 Å². The maximum atomic E-state index is 13.0. The van der Waals surface area contributed by atoms with Gasteiger partial charge in [0.05, 0.1) is 0 Å². The second-order valence-electron chi connectivity index (χ2n) is 24.1. The van der Waals surface area contributed by atoms with Gasteiger partial charge in [0.2, 0.25) is 0 Å². The molecule has 0 amide bonds. The number of ether oxygens (including phenoxy) is 3. The third-order valence-electron chi connectivity index (χ3n) is 15.9. The van der Waals surface area contributed by atoms with E-state index in [1.807, 2.05) is 0 Å². The Morgan fingerprint density at radius 2 is 0.470 bits per heavy atom. The molecule has 0 fully saturated rings. The zero-order valence-electron chi connectivity index (χ0n) is 55.2. The first kappa shape index (κ1) is 79.6. The fourth-order valence-corrected chi connectivity index (χ4v) is 10.5. The molecule has 83 heavy (non-hydrogen) atoms. The van der Waals surface area contributed by atoms with Crippen molar-refractivity contribution in [3.05, 3.63) is 85.1 Å². The Bertz CT molecular complexity index is 1570. The Balaban J connectivity index is 4.37. The van der Waals surface area contributed by atoms with Gasteiger partial charge in [-0.15, -0.1) is 0 Å². The molecular formula is C77H136O6. The molecule has 0 rings (SSSR count). The van der Waals surface area contributed by atoms with Crippen molar-refractivity contribution in [1.29, 1.82) is 0 Å². The third-order valence-corrected chi connectivity index (χ3v) is 15.9. The third kappa shape index (κ3) is 69.3. The summed E-state index contributed by atoms with van der Waals surface area (Å²) < 4.78 is 17.0. The van der Waals surface area contributed by atoms with Gasteiger partial charge in [-0.3, -0.25) is 14.4 Å². The Kier molecular flexibility index (Phi) is 68.2. The molecule has 0 aliphatic carbocycles. The lowest BCUT2D eigenvalue weighted by Crippen LogP contribution is -2.30. The van der Waals surface area contributed by atoms with E-state index in [1.165, 1.54) is 225 Å². The van der Waals surface area contributed by atoms with E-state index in [0.717, 1.165) is 103 Å². The van der Waals surface area contributed by atoms with E-state index in [0.29, 0.717) is 19.3 Å². The molecule has 6 heteroatoms. The summed E-state index contributed by atoms with van der Waals surface area (Å²) in [6.45, 7) is 6.54. The van der Waals surface area contributed by atoms with E-state index in [2.05, 4.69) is 106 Å². The highest BCUT2D eigenvalue weighted by Crippen LogP contribution is 2.18. The number of carbonyl (C=O) groups excluding carboxylic acids is 3. The maximum Gasteiger partial charge on any atom is 0.306 e. The summed E-state index contributed by atoms with van der Waals surface area (Å²) in [5.74, 6) is -0.903. The van der Waals surface area contributed by atoms with E-state index in [4.69, 9.17) is 14.2 Å². The van der Waals surface area contributed by atoms with Crippen LogP contribution in [0.5, 0.6) is 0 Å². The minimum absolute atomic E-state index is 0.0858. The first-order valence-electron chi connectivity index (χ1n) is 36.1. The molecule has 1 unspecified atom stereocenters. The SMILES string of the molecule is CC/C=C\C/C=C\C/C=C\C/C=C\C/C=C\CCCCCC(=O)OCC(COC(=O)CCCCCCCCCCCCCCCCCCCCCCCCCCC)OC(=O)CCCCCCCCCCC/C=C\C/C=C\CCCCCCC. The van der Waals surface area contributed by atoms with Crippen LogP contribution in [0.15, 0.2) is 85.1 Å². The van der Waals surface area contributed by atoms with Crippen molar-refractivity contribution < 1.29 is 28.6 Å². The molecule has 0 aliphatic rings. The van der Waals surface area contributed by atoms with Crippen LogP contribution in [-0.4, -0.2) is 37.2 Å². The van der Waals surface area contributed by atoms with Crippen molar-refractivity contribution in [3.8, 4) is 0 Å². The van der Waals surface area contributed by atoms with Gasteiger partial charge in [-0.1, -0.05) is 337 Å². The normalized spacial score (nSPS) is 12.6. The van der Waals surface area contributed by atoms with Crippen LogP contribution in [0.1, 0.15) is 367 Å². The molecule has 0 spiro atoms. The van der Waals surface area contributed by atoms with Gasteiger partial charge in [0, 0.05) is 19.3 Å². The van der Waals surface area contributed by atoms with E-state index >= 15 is 0 Å². The van der Waals surface area contributed by atoms with Crippen LogP contribution in [0.3, 0.4) is 0 Å². The summed E-state index contributed by atoms with van der Waals surface area (Å²) in [5, 5.41) is 0. The number of esters is 3. The molecule has 0 radical (unpaired) electrons. The molecule has 0 saturated heterocycles. The quantitative estimate of drug-likeness (QED) is 0.0261. The van der Waals surface area contributed by atoms with Crippen molar-refractivity contribution in [3.63, 3.8) is 0 Å². The highest BCUT2D eigenvalue weighted by atomic mass is 16.6. The highest BCUT2D eigenvalue weighted by molar-refractivity contribution is 5.71. The van der Waals surface area contributed by atoms with Gasteiger partial charge >= 0.3 is 17.9 Å². The van der Waals surface area contributed by atoms with E-state index in [9.17, 15) is 14.4 Å². The highest BCUT2D eigenvalue weighted by Gasteiger charge is 2.19. The van der Waals surface area contributed by atoms with Crippen LogP contribution in [0.25, 0.3) is 0 Å². The number of allylic oxidation sites excluding steroid dienone is 14. The molecule has 0 N–H and O–H groups in total. The van der Waals surface area contributed by atoms with Crippen LogP contribution in [0.2, 0.25) is 0 Å². The summed E-state index contributed by atoms with van der Waals surface area (Å²) in [4.78, 5) is 38.5. The van der Waals surface area contributed by atoms with E-state index in [-0.39, 0.29) is 31.1 Å². The number of hydrogen-bond donors (Lipinski definition) is 0. The van der Waals surface area contributed by atoms with Gasteiger partial charge in [0.25, 0.3) is 0 Å². The number of hydrogen-bond acceptors (Lipinski definition) is 6. The maximum absolute atomic E-state index is 13.0. The first-order chi connectivity index (χ1) is 41.0. The zero-order valence-corrected chi connectivity index (χ0v) is 55.2. The average molecular weight is 1160 g/mol. The van der Waals surface area contributed by atoms with Gasteiger partial charge in [0.15, 0.2) is 6.10 Å². The second kappa shape index (κ2) is 71.1. The topological polar surface area (TPSA) is 78.9 Å². The minimum Gasteiger partial charge on any atom is -0.462 e. The molecule has 0 aromatic rings. The smallest absolute Gasteiger partial charge is 0.306 e. The lowest BCUT2D eigenvalue weighted by molar-refractivity contribution is -0.167. The largest absolute Gasteiger partial charge is 0.462 e. The molecule has 0 bridgehead atoms. The van der Waals surface area contributed by atoms with Crippen LogP contribution in [-0.2, 0) is 28.6 Å². The van der Waals surface area contributed by atoms with Crippen molar-refractivity contribution in [2.45, 2.75) is 374 Å². The van der Waals surface area contributed by atoms with Gasteiger partial charge < -0.3 is 14.2 Å². The minimum atomic E-state index is -0.794.